The van der Waals surface area contributed by atoms with E-state index in [1.54, 1.807) is 0 Å². The molecule has 4 N–H and O–H groups in total. The van der Waals surface area contributed by atoms with Gasteiger partial charge in [-0.25, -0.2) is 0 Å². The molecular weight excluding hydrogens is 162 g/mol. The maximum atomic E-state index is 10.2. The van der Waals surface area contributed by atoms with Crippen LogP contribution >= 0.6 is 11.9 Å². The Morgan fingerprint density at radius 2 is 2.20 bits per heavy atom. The molecule has 0 spiro atoms. The van der Waals surface area contributed by atoms with Gasteiger partial charge in [0.25, 0.3) is 0 Å². The highest BCUT2D eigenvalue weighted by atomic mass is 35.5. The Bertz CT molecular complexity index is 89.3. The molecule has 0 radical (unpaired) electrons. The number of rotatable bonds is 2. The van der Waals surface area contributed by atoms with Crippen LogP contribution in [0.15, 0.2) is 0 Å². The molecule has 0 aliphatic heterocycles. The third-order valence-electron chi connectivity index (χ3n) is 0.701. The van der Waals surface area contributed by atoms with Crippen molar-refractivity contribution in [2.75, 3.05) is 13.7 Å². The molecule has 1 atom stereocenters. The monoisotopic (exact) mass is 171 g/mol. The maximum Gasteiger partial charge on any atom is 0.325 e. The summed E-state index contributed by atoms with van der Waals surface area (Å²) >= 11 is 3.64. The van der Waals surface area contributed by atoms with E-state index in [1.807, 2.05) is 0 Å². The summed E-state index contributed by atoms with van der Waals surface area (Å²) in [5.41, 5.74) is 5.00. The number of hydrogen-bond acceptors (Lipinski definition) is 5. The molecule has 62 valence electrons. The number of aliphatic hydroxyl groups is 1. The van der Waals surface area contributed by atoms with Crippen LogP contribution in [0, 0.1) is 0 Å². The molecule has 0 saturated heterocycles. The van der Waals surface area contributed by atoms with Crippen LogP contribution in [0.5, 0.6) is 0 Å². The van der Waals surface area contributed by atoms with Crippen molar-refractivity contribution in [3.63, 3.8) is 0 Å². The SMILES string of the molecule is COC(=O)[C@@H](N)CO.OCl. The molecule has 0 heterocycles. The first kappa shape index (κ1) is 12.3. The van der Waals surface area contributed by atoms with E-state index in [0.717, 1.165) is 0 Å². The van der Waals surface area contributed by atoms with Crippen LogP contribution in [0.25, 0.3) is 0 Å². The summed E-state index contributed by atoms with van der Waals surface area (Å²) in [7, 11) is 1.22. The number of hydrogen-bond donors (Lipinski definition) is 3. The van der Waals surface area contributed by atoms with E-state index < -0.39 is 12.0 Å². The van der Waals surface area contributed by atoms with Crippen LogP contribution in [-0.2, 0) is 9.53 Å². The van der Waals surface area contributed by atoms with Crippen molar-refractivity contribution in [3.05, 3.63) is 0 Å². The lowest BCUT2D eigenvalue weighted by Gasteiger charge is -2.02. The molecule has 0 fully saturated rings. The van der Waals surface area contributed by atoms with E-state index >= 15 is 0 Å². The van der Waals surface area contributed by atoms with Gasteiger partial charge in [0.05, 0.1) is 25.6 Å². The lowest BCUT2D eigenvalue weighted by atomic mass is 10.3. The van der Waals surface area contributed by atoms with Crippen molar-refractivity contribution < 1.29 is 19.3 Å². The lowest BCUT2D eigenvalue weighted by Crippen LogP contribution is -2.34. The predicted molar refractivity (Wildman–Crippen MR) is 35.1 cm³/mol. The summed E-state index contributed by atoms with van der Waals surface area (Å²) in [5, 5.41) is 8.21. The standard InChI is InChI=1S/C4H9NO3.ClHO/c1-8-4(7)3(5)2-6;1-2/h3,6H,2,5H2,1H3;2H/t3-;/m0./s1. The fourth-order valence-corrected chi connectivity index (χ4v) is 0.226. The van der Waals surface area contributed by atoms with E-state index in [9.17, 15) is 4.79 Å². The van der Waals surface area contributed by atoms with Gasteiger partial charge in [-0.2, -0.15) is 0 Å². The number of esters is 1. The fraction of sp³-hybridized carbons (Fsp3) is 0.750. The Labute approximate surface area is 63.5 Å². The van der Waals surface area contributed by atoms with Gasteiger partial charge in [-0.15, -0.1) is 0 Å². The normalized spacial score (nSPS) is 10.9. The van der Waals surface area contributed by atoms with E-state index in [2.05, 4.69) is 16.6 Å². The van der Waals surface area contributed by atoms with Crippen LogP contribution in [0.3, 0.4) is 0 Å². The average Bonchev–Trinajstić information content (AvgIpc) is 2.05. The number of halogens is 1. The largest absolute Gasteiger partial charge is 0.468 e. The maximum absolute atomic E-state index is 10.2. The zero-order valence-electron chi connectivity index (χ0n) is 5.45. The zero-order chi connectivity index (χ0) is 8.57. The van der Waals surface area contributed by atoms with Gasteiger partial charge in [-0.1, -0.05) is 0 Å². The third kappa shape index (κ3) is 5.77. The minimum atomic E-state index is -0.889. The molecule has 0 rings (SSSR count). The van der Waals surface area contributed by atoms with Crippen LogP contribution in [0.4, 0.5) is 0 Å². The summed E-state index contributed by atoms with van der Waals surface area (Å²) in [4.78, 5) is 10.2. The molecule has 0 saturated carbocycles. The molecule has 6 heteroatoms. The Kier molecular flexibility index (Phi) is 10.7. The van der Waals surface area contributed by atoms with Gasteiger partial charge in [0.1, 0.15) is 6.04 Å². The molecule has 0 bridgehead atoms. The molecule has 0 aliphatic rings. The fourth-order valence-electron chi connectivity index (χ4n) is 0.226. The van der Waals surface area contributed by atoms with Gasteiger partial charge in [-0.3, -0.25) is 9.45 Å². The van der Waals surface area contributed by atoms with Crippen molar-refractivity contribution in [2.45, 2.75) is 6.04 Å². The van der Waals surface area contributed by atoms with Gasteiger partial charge in [0.2, 0.25) is 0 Å². The predicted octanol–water partition coefficient (Wildman–Crippen LogP) is -1.39. The molecule has 0 aromatic heterocycles. The molecule has 0 aromatic carbocycles. The van der Waals surface area contributed by atoms with Crippen molar-refractivity contribution in [3.8, 4) is 0 Å². The minimum absolute atomic E-state index is 0.368. The van der Waals surface area contributed by atoms with Gasteiger partial charge in [0.15, 0.2) is 0 Å². The minimum Gasteiger partial charge on any atom is -0.468 e. The first-order chi connectivity index (χ1) is 4.72. The van der Waals surface area contributed by atoms with E-state index in [-0.39, 0.29) is 6.61 Å². The Balaban J connectivity index is 0. The first-order valence-corrected chi connectivity index (χ1v) is 2.67. The lowest BCUT2D eigenvalue weighted by molar-refractivity contribution is -0.143. The number of ether oxygens (including phenoxy) is 1. The summed E-state index contributed by atoms with van der Waals surface area (Å²) in [6.45, 7) is -0.368. The van der Waals surface area contributed by atoms with Crippen molar-refractivity contribution >= 4 is 17.8 Å². The van der Waals surface area contributed by atoms with E-state index in [0.29, 0.717) is 0 Å². The Morgan fingerprint density at radius 1 is 1.80 bits per heavy atom. The Hall–Kier alpha value is -0.360. The number of aliphatic hydroxyl groups excluding tert-OH is 1. The van der Waals surface area contributed by atoms with Crippen LogP contribution in [0.1, 0.15) is 0 Å². The number of nitrogens with two attached hydrogens (primary N) is 1. The average molecular weight is 172 g/mol. The molecule has 0 aromatic rings. The summed E-state index contributed by atoms with van der Waals surface area (Å²) in [5.74, 6) is -0.590. The van der Waals surface area contributed by atoms with Gasteiger partial charge in [-0.05, 0) is 0 Å². The highest BCUT2D eigenvalue weighted by molar-refractivity contribution is 6.04. The Morgan fingerprint density at radius 3 is 2.30 bits per heavy atom. The third-order valence-corrected chi connectivity index (χ3v) is 0.701. The highest BCUT2D eigenvalue weighted by Crippen LogP contribution is 1.78. The molecule has 10 heavy (non-hydrogen) atoms. The zero-order valence-corrected chi connectivity index (χ0v) is 6.21. The van der Waals surface area contributed by atoms with E-state index in [1.165, 1.54) is 7.11 Å². The molecule has 5 nitrogen and oxygen atoms in total. The molecule has 0 amide bonds. The highest BCUT2D eigenvalue weighted by Gasteiger charge is 2.10. The summed E-state index contributed by atoms with van der Waals surface area (Å²) in [6.07, 6.45) is 0. The van der Waals surface area contributed by atoms with E-state index in [4.69, 9.17) is 15.5 Å². The summed E-state index contributed by atoms with van der Waals surface area (Å²) < 4.78 is 10.7. The number of carbonyl (C=O) groups excluding carboxylic acids is 1. The number of methoxy groups -OCH3 is 1. The van der Waals surface area contributed by atoms with Gasteiger partial charge >= 0.3 is 5.97 Å². The molecule has 0 unspecified atom stereocenters. The van der Waals surface area contributed by atoms with Crippen molar-refractivity contribution in [2.24, 2.45) is 5.73 Å². The smallest absolute Gasteiger partial charge is 0.325 e. The van der Waals surface area contributed by atoms with Gasteiger partial charge in [0, 0.05) is 0 Å². The molecular formula is C4H10ClNO4. The van der Waals surface area contributed by atoms with Crippen molar-refractivity contribution in [1.82, 2.24) is 0 Å². The molecule has 0 aliphatic carbocycles. The quantitative estimate of drug-likeness (QED) is 0.445. The van der Waals surface area contributed by atoms with Crippen molar-refractivity contribution in [1.29, 1.82) is 0 Å². The second-order valence-corrected chi connectivity index (χ2v) is 1.31. The topological polar surface area (TPSA) is 92.8 Å². The van der Waals surface area contributed by atoms with Crippen LogP contribution < -0.4 is 5.73 Å². The van der Waals surface area contributed by atoms with Crippen LogP contribution in [-0.4, -0.2) is 35.5 Å². The second-order valence-electron chi connectivity index (χ2n) is 1.31. The second kappa shape index (κ2) is 8.64. The number of carbonyl (C=O) groups is 1. The first-order valence-electron chi connectivity index (χ1n) is 2.33. The summed E-state index contributed by atoms with van der Waals surface area (Å²) in [6, 6.07) is -0.889. The van der Waals surface area contributed by atoms with Crippen LogP contribution in [0.2, 0.25) is 0 Å². The van der Waals surface area contributed by atoms with Gasteiger partial charge < -0.3 is 15.6 Å².